The number of hydrogen-bond acceptors (Lipinski definition) is 2. The van der Waals surface area contributed by atoms with E-state index in [0.29, 0.717) is 18.8 Å². The summed E-state index contributed by atoms with van der Waals surface area (Å²) in [7, 11) is 4.42. The van der Waals surface area contributed by atoms with Gasteiger partial charge in [0.1, 0.15) is 7.17 Å². The van der Waals surface area contributed by atoms with E-state index in [1.54, 1.807) is 0 Å². The molecular formula is C15H32B2O2. The van der Waals surface area contributed by atoms with E-state index < -0.39 is 5.60 Å². The molecule has 2 radical (unpaired) electrons. The van der Waals surface area contributed by atoms with Crippen molar-refractivity contribution in [1.29, 1.82) is 0 Å². The molecule has 0 aliphatic carbocycles. The molecule has 0 rings (SSSR count). The van der Waals surface area contributed by atoms with E-state index in [4.69, 9.17) is 4.74 Å². The number of rotatable bonds is 10. The fourth-order valence-electron chi connectivity index (χ4n) is 1.89. The van der Waals surface area contributed by atoms with Gasteiger partial charge < -0.3 is 9.84 Å². The normalized spacial score (nSPS) is 16.0. The van der Waals surface area contributed by atoms with Crippen LogP contribution in [0.2, 0.25) is 5.82 Å². The van der Waals surface area contributed by atoms with E-state index in [1.165, 1.54) is 12.8 Å². The maximum absolute atomic E-state index is 9.66. The summed E-state index contributed by atoms with van der Waals surface area (Å²) in [4.78, 5) is 0. The zero-order valence-electron chi connectivity index (χ0n) is 14.0. The first-order valence-electron chi connectivity index (χ1n) is 7.61. The van der Waals surface area contributed by atoms with Crippen LogP contribution in [0.5, 0.6) is 0 Å². The molecule has 0 spiro atoms. The van der Waals surface area contributed by atoms with Crippen LogP contribution in [0.4, 0.5) is 0 Å². The molecule has 2 nitrogen and oxygen atoms in total. The van der Waals surface area contributed by atoms with Crippen LogP contribution in [0.25, 0.3) is 0 Å². The fraction of sp³-hybridized carbons (Fsp3) is 1.00. The van der Waals surface area contributed by atoms with Gasteiger partial charge in [0.2, 0.25) is 0 Å². The molecule has 2 unspecified atom stereocenters. The lowest BCUT2D eigenvalue weighted by Gasteiger charge is -2.28. The van der Waals surface area contributed by atoms with Crippen LogP contribution in [0, 0.1) is 5.92 Å². The van der Waals surface area contributed by atoms with Crippen LogP contribution in [0.1, 0.15) is 67.7 Å². The van der Waals surface area contributed by atoms with Gasteiger partial charge in [-0.05, 0) is 40.0 Å². The lowest BCUT2D eigenvalue weighted by atomic mass is 9.28. The molecular weight excluding hydrogens is 234 g/mol. The molecule has 0 aromatic heterocycles. The Morgan fingerprint density at radius 3 is 2.21 bits per heavy atom. The van der Waals surface area contributed by atoms with E-state index in [1.807, 2.05) is 13.8 Å². The molecule has 2 atom stereocenters. The molecule has 0 bridgehead atoms. The minimum atomic E-state index is -0.649. The predicted octanol–water partition coefficient (Wildman–Crippen LogP) is 3.47. The van der Waals surface area contributed by atoms with Crippen molar-refractivity contribution in [2.75, 3.05) is 6.61 Å². The van der Waals surface area contributed by atoms with Gasteiger partial charge in [-0.3, -0.25) is 0 Å². The Bertz CT molecular complexity index is 237. The second-order valence-electron chi connectivity index (χ2n) is 7.10. The van der Waals surface area contributed by atoms with E-state index in [2.05, 4.69) is 49.0 Å². The largest absolute Gasteiger partial charge is 0.390 e. The third-order valence-corrected chi connectivity index (χ3v) is 3.49. The average molecular weight is 266 g/mol. The van der Waals surface area contributed by atoms with Crippen molar-refractivity contribution >= 4 is 14.3 Å². The van der Waals surface area contributed by atoms with Gasteiger partial charge in [0, 0.05) is 12.1 Å². The zero-order valence-corrected chi connectivity index (χ0v) is 14.0. The summed E-state index contributed by atoms with van der Waals surface area (Å²) < 4.78 is 5.84. The summed E-state index contributed by atoms with van der Waals surface area (Å²) >= 11 is 0. The molecule has 19 heavy (non-hydrogen) atoms. The number of hydrogen-bond donors (Lipinski definition) is 1. The first kappa shape index (κ1) is 19.0. The first-order chi connectivity index (χ1) is 8.56. The molecule has 0 aromatic rings. The Hall–Kier alpha value is 0.0499. The fourth-order valence-corrected chi connectivity index (χ4v) is 1.89. The van der Waals surface area contributed by atoms with Gasteiger partial charge in [0.15, 0.2) is 0 Å². The highest BCUT2D eigenvalue weighted by Gasteiger charge is 2.23. The van der Waals surface area contributed by atoms with Gasteiger partial charge >= 0.3 is 0 Å². The lowest BCUT2D eigenvalue weighted by molar-refractivity contribution is -0.00669. The third-order valence-electron chi connectivity index (χ3n) is 3.49. The maximum Gasteiger partial charge on any atom is 0.109 e. The monoisotopic (exact) mass is 266 g/mol. The molecule has 0 aliphatic heterocycles. The van der Waals surface area contributed by atoms with Crippen LogP contribution in [-0.4, -0.2) is 37.2 Å². The smallest absolute Gasteiger partial charge is 0.109 e. The highest BCUT2D eigenvalue weighted by Crippen LogP contribution is 2.20. The van der Waals surface area contributed by atoms with Crippen LogP contribution in [-0.2, 0) is 4.74 Å². The molecule has 0 amide bonds. The molecule has 0 aromatic carbocycles. The Balaban J connectivity index is 3.89. The minimum absolute atomic E-state index is 0.255. The van der Waals surface area contributed by atoms with Crippen LogP contribution < -0.4 is 0 Å². The van der Waals surface area contributed by atoms with Gasteiger partial charge in [-0.1, -0.05) is 39.4 Å². The van der Waals surface area contributed by atoms with Gasteiger partial charge in [-0.15, -0.1) is 0 Å². The molecule has 0 fully saturated rings. The molecule has 0 saturated heterocycles. The Morgan fingerprint density at radius 2 is 1.74 bits per heavy atom. The lowest BCUT2D eigenvalue weighted by Crippen LogP contribution is -2.38. The maximum atomic E-state index is 9.66. The Kier molecular flexibility index (Phi) is 8.38. The van der Waals surface area contributed by atoms with Crippen molar-refractivity contribution < 1.29 is 9.84 Å². The Labute approximate surface area is 122 Å². The SMILES string of the molecule is CCC(C)CC(C)[B][B]C(C)(C)OCCC(C)(C)O. The van der Waals surface area contributed by atoms with E-state index in [9.17, 15) is 5.11 Å². The predicted molar refractivity (Wildman–Crippen MR) is 85.9 cm³/mol. The quantitative estimate of drug-likeness (QED) is 0.613. The van der Waals surface area contributed by atoms with Crippen molar-refractivity contribution in [3.05, 3.63) is 0 Å². The second kappa shape index (κ2) is 8.36. The number of ether oxygens (including phenoxy) is 1. The van der Waals surface area contributed by atoms with Crippen LogP contribution >= 0.6 is 0 Å². The molecule has 0 saturated carbocycles. The Morgan fingerprint density at radius 1 is 1.16 bits per heavy atom. The van der Waals surface area contributed by atoms with Crippen LogP contribution in [0.3, 0.4) is 0 Å². The van der Waals surface area contributed by atoms with E-state index >= 15 is 0 Å². The zero-order chi connectivity index (χ0) is 15.1. The standard InChI is InChI=1S/C15H32B2O2/c1-8-12(2)11-13(3)16-17-15(6,7)19-10-9-14(4,5)18/h12-13,18H,8-11H2,1-7H3. The summed E-state index contributed by atoms with van der Waals surface area (Å²) in [6, 6.07) is 0. The van der Waals surface area contributed by atoms with Crippen molar-refractivity contribution in [1.82, 2.24) is 0 Å². The van der Waals surface area contributed by atoms with Crippen LogP contribution in [0.15, 0.2) is 0 Å². The number of aliphatic hydroxyl groups is 1. The summed E-state index contributed by atoms with van der Waals surface area (Å²) in [5, 5.41) is 9.66. The highest BCUT2D eigenvalue weighted by molar-refractivity contribution is 7.02. The van der Waals surface area contributed by atoms with Crippen molar-refractivity contribution in [2.45, 2.75) is 84.6 Å². The van der Waals surface area contributed by atoms with Gasteiger partial charge in [-0.25, -0.2) is 0 Å². The minimum Gasteiger partial charge on any atom is -0.390 e. The van der Waals surface area contributed by atoms with Crippen molar-refractivity contribution in [3.63, 3.8) is 0 Å². The topological polar surface area (TPSA) is 29.5 Å². The second-order valence-corrected chi connectivity index (χ2v) is 7.10. The van der Waals surface area contributed by atoms with E-state index in [0.717, 1.165) is 5.92 Å². The van der Waals surface area contributed by atoms with Crippen molar-refractivity contribution in [2.24, 2.45) is 5.92 Å². The van der Waals surface area contributed by atoms with Gasteiger partial charge in [0.05, 0.1) is 12.8 Å². The molecule has 1 N–H and O–H groups in total. The summed E-state index contributed by atoms with van der Waals surface area (Å²) in [6.45, 7) is 15.2. The van der Waals surface area contributed by atoms with Crippen molar-refractivity contribution in [3.8, 4) is 0 Å². The summed E-state index contributed by atoms with van der Waals surface area (Å²) in [6.07, 6.45) is 3.13. The molecule has 110 valence electrons. The molecule has 0 heterocycles. The molecule has 4 heteroatoms. The highest BCUT2D eigenvalue weighted by atomic mass is 16.5. The summed E-state index contributed by atoms with van der Waals surface area (Å²) in [5.74, 6) is 1.37. The van der Waals surface area contributed by atoms with Gasteiger partial charge in [0.25, 0.3) is 0 Å². The van der Waals surface area contributed by atoms with Gasteiger partial charge in [-0.2, -0.15) is 0 Å². The third kappa shape index (κ3) is 11.6. The first-order valence-corrected chi connectivity index (χ1v) is 7.61. The molecule has 0 aliphatic rings. The van der Waals surface area contributed by atoms with E-state index in [-0.39, 0.29) is 5.50 Å². The summed E-state index contributed by atoms with van der Waals surface area (Å²) in [5.41, 5.74) is -0.904. The average Bonchev–Trinajstić information content (AvgIpc) is 2.24.